The second-order valence-corrected chi connectivity index (χ2v) is 8.61. The van der Waals surface area contributed by atoms with Crippen LogP contribution < -0.4 is 14.8 Å². The van der Waals surface area contributed by atoms with Crippen molar-refractivity contribution in [2.45, 2.75) is 37.9 Å². The molecular formula is C25H23N3O6. The van der Waals surface area contributed by atoms with Gasteiger partial charge in [0.2, 0.25) is 18.6 Å². The lowest BCUT2D eigenvalue weighted by Gasteiger charge is -2.46. The minimum atomic E-state index is -0.981. The average Bonchev–Trinajstić information content (AvgIpc) is 3.45. The summed E-state index contributed by atoms with van der Waals surface area (Å²) in [6, 6.07) is 11.2. The lowest BCUT2D eigenvalue weighted by atomic mass is 9.85. The summed E-state index contributed by atoms with van der Waals surface area (Å²) in [7, 11) is 0. The molecule has 9 nitrogen and oxygen atoms in total. The van der Waals surface area contributed by atoms with E-state index in [1.807, 2.05) is 42.5 Å². The first-order valence-corrected chi connectivity index (χ1v) is 11.3. The number of ether oxygens (including phenoxy) is 3. The molecule has 1 aromatic heterocycles. The normalized spacial score (nSPS) is 22.9. The van der Waals surface area contributed by atoms with E-state index in [1.165, 1.54) is 0 Å². The van der Waals surface area contributed by atoms with Gasteiger partial charge in [0.1, 0.15) is 12.1 Å². The Hall–Kier alpha value is -4.01. The quantitative estimate of drug-likeness (QED) is 0.577. The fraction of sp³-hybridized carbons (Fsp3) is 0.320. The molecule has 3 aliphatic rings. The van der Waals surface area contributed by atoms with Gasteiger partial charge in [-0.15, -0.1) is 0 Å². The summed E-state index contributed by atoms with van der Waals surface area (Å²) in [6.07, 6.45) is 0.166. The summed E-state index contributed by atoms with van der Waals surface area (Å²) in [5, 5.41) is 3.78. The highest BCUT2D eigenvalue weighted by molar-refractivity contribution is 6.00. The SMILES string of the molecule is CCOC(=O)C[C@@H]1NC(=O)C2Cc3c([nH]c4ccccc34)[C@@H](c3ccc4c(c3)OCO4)N2C1=O. The summed E-state index contributed by atoms with van der Waals surface area (Å²) in [4.78, 5) is 44.2. The number of benzene rings is 2. The molecule has 3 aliphatic heterocycles. The van der Waals surface area contributed by atoms with Crippen LogP contribution in [0.5, 0.6) is 11.5 Å². The van der Waals surface area contributed by atoms with Crippen molar-refractivity contribution in [3.05, 3.63) is 59.3 Å². The van der Waals surface area contributed by atoms with Crippen LogP contribution in [0.25, 0.3) is 10.9 Å². The van der Waals surface area contributed by atoms with Gasteiger partial charge in [-0.2, -0.15) is 0 Å². The monoisotopic (exact) mass is 461 g/mol. The second-order valence-electron chi connectivity index (χ2n) is 8.61. The van der Waals surface area contributed by atoms with E-state index in [0.717, 1.165) is 27.7 Å². The summed E-state index contributed by atoms with van der Waals surface area (Å²) < 4.78 is 16.1. The van der Waals surface area contributed by atoms with Crippen molar-refractivity contribution >= 4 is 28.7 Å². The summed E-state index contributed by atoms with van der Waals surface area (Å²) in [6.45, 7) is 2.04. The number of carbonyl (C=O) groups is 3. The highest BCUT2D eigenvalue weighted by atomic mass is 16.7. The maximum Gasteiger partial charge on any atom is 0.308 e. The van der Waals surface area contributed by atoms with Gasteiger partial charge >= 0.3 is 5.97 Å². The zero-order chi connectivity index (χ0) is 23.4. The van der Waals surface area contributed by atoms with Gasteiger partial charge in [0.25, 0.3) is 0 Å². The van der Waals surface area contributed by atoms with Gasteiger partial charge in [-0.25, -0.2) is 0 Å². The molecule has 2 N–H and O–H groups in total. The molecule has 9 heteroatoms. The highest BCUT2D eigenvalue weighted by Gasteiger charge is 2.49. The highest BCUT2D eigenvalue weighted by Crippen LogP contribution is 2.44. The third kappa shape index (κ3) is 3.11. The van der Waals surface area contributed by atoms with Crippen molar-refractivity contribution in [2.24, 2.45) is 0 Å². The third-order valence-corrected chi connectivity index (χ3v) is 6.69. The molecule has 3 atom stereocenters. The largest absolute Gasteiger partial charge is 0.466 e. The number of hydrogen-bond donors (Lipinski definition) is 2. The van der Waals surface area contributed by atoms with E-state index in [1.54, 1.807) is 11.8 Å². The van der Waals surface area contributed by atoms with E-state index in [9.17, 15) is 14.4 Å². The standard InChI is InChI=1S/C25H23N3O6/c1-2-32-21(29)11-17-25(31)28-18(24(30)27-17)10-15-14-5-3-4-6-16(14)26-22(15)23(28)13-7-8-19-20(9-13)34-12-33-19/h3-9,17-18,23,26H,2,10-12H2,1H3,(H,27,30)/t17-,18?,23+/m0/s1. The van der Waals surface area contributed by atoms with E-state index in [2.05, 4.69) is 10.3 Å². The van der Waals surface area contributed by atoms with Gasteiger partial charge in [-0.3, -0.25) is 14.4 Å². The van der Waals surface area contributed by atoms with Gasteiger partial charge in [-0.05, 0) is 36.2 Å². The Kier molecular flexibility index (Phi) is 4.72. The van der Waals surface area contributed by atoms with Crippen LogP contribution in [-0.2, 0) is 25.5 Å². The predicted octanol–water partition coefficient (Wildman–Crippen LogP) is 2.19. The number of H-pyrrole nitrogens is 1. The molecule has 34 heavy (non-hydrogen) atoms. The van der Waals surface area contributed by atoms with Gasteiger partial charge in [0.05, 0.1) is 19.1 Å². The molecule has 0 radical (unpaired) electrons. The number of aromatic nitrogens is 1. The number of fused-ring (bicyclic) bond motifs is 5. The van der Waals surface area contributed by atoms with Crippen molar-refractivity contribution in [3.63, 3.8) is 0 Å². The van der Waals surface area contributed by atoms with E-state index in [-0.39, 0.29) is 31.6 Å². The summed E-state index contributed by atoms with van der Waals surface area (Å²) in [5.41, 5.74) is 3.59. The fourth-order valence-electron chi connectivity index (χ4n) is 5.23. The molecule has 0 spiro atoms. The fourth-order valence-corrected chi connectivity index (χ4v) is 5.23. The average molecular weight is 461 g/mol. The van der Waals surface area contributed by atoms with Crippen molar-refractivity contribution in [2.75, 3.05) is 13.4 Å². The zero-order valence-electron chi connectivity index (χ0n) is 18.5. The van der Waals surface area contributed by atoms with Gasteiger partial charge in [0, 0.05) is 23.0 Å². The van der Waals surface area contributed by atoms with Crippen LogP contribution >= 0.6 is 0 Å². The topological polar surface area (TPSA) is 110 Å². The van der Waals surface area contributed by atoms with Crippen LogP contribution in [0.2, 0.25) is 0 Å². The zero-order valence-corrected chi connectivity index (χ0v) is 18.5. The van der Waals surface area contributed by atoms with Crippen molar-refractivity contribution in [3.8, 4) is 11.5 Å². The molecule has 0 aliphatic carbocycles. The number of amides is 2. The Morgan fingerprint density at radius 2 is 1.97 bits per heavy atom. The number of hydrogen-bond acceptors (Lipinski definition) is 6. The van der Waals surface area contributed by atoms with Crippen LogP contribution in [0.1, 0.15) is 36.2 Å². The van der Waals surface area contributed by atoms with E-state index in [4.69, 9.17) is 14.2 Å². The van der Waals surface area contributed by atoms with Crippen molar-refractivity contribution in [1.29, 1.82) is 0 Å². The number of piperazine rings is 1. The summed E-state index contributed by atoms with van der Waals surface area (Å²) >= 11 is 0. The lowest BCUT2D eigenvalue weighted by molar-refractivity contribution is -0.156. The molecule has 0 saturated carbocycles. The third-order valence-electron chi connectivity index (χ3n) is 6.69. The lowest BCUT2D eigenvalue weighted by Crippen LogP contribution is -2.66. The number of esters is 1. The minimum absolute atomic E-state index is 0.135. The number of nitrogens with one attached hydrogen (secondary N) is 2. The Balaban J connectivity index is 1.49. The summed E-state index contributed by atoms with van der Waals surface area (Å²) in [5.74, 6) is 0.105. The Bertz CT molecular complexity index is 1330. The molecule has 1 unspecified atom stereocenters. The molecule has 174 valence electrons. The van der Waals surface area contributed by atoms with Crippen LogP contribution in [0.15, 0.2) is 42.5 Å². The Morgan fingerprint density at radius 3 is 2.82 bits per heavy atom. The number of rotatable bonds is 4. The Labute approximate surface area is 195 Å². The van der Waals surface area contributed by atoms with Crippen molar-refractivity contribution in [1.82, 2.24) is 15.2 Å². The first-order chi connectivity index (χ1) is 16.5. The number of nitrogens with zero attached hydrogens (tertiary/aromatic N) is 1. The van der Waals surface area contributed by atoms with Gasteiger partial charge in [0.15, 0.2) is 11.5 Å². The van der Waals surface area contributed by atoms with Crippen LogP contribution in [-0.4, -0.2) is 53.2 Å². The first-order valence-electron chi connectivity index (χ1n) is 11.3. The Morgan fingerprint density at radius 1 is 1.15 bits per heavy atom. The van der Waals surface area contributed by atoms with Crippen LogP contribution in [0.3, 0.4) is 0 Å². The van der Waals surface area contributed by atoms with Crippen LogP contribution in [0.4, 0.5) is 0 Å². The second kappa shape index (κ2) is 7.79. The van der Waals surface area contributed by atoms with E-state index < -0.39 is 24.1 Å². The molecule has 4 heterocycles. The molecular weight excluding hydrogens is 438 g/mol. The van der Waals surface area contributed by atoms with Gasteiger partial charge < -0.3 is 29.4 Å². The molecule has 1 saturated heterocycles. The molecule has 6 rings (SSSR count). The molecule has 2 amide bonds. The molecule has 2 aromatic carbocycles. The van der Waals surface area contributed by atoms with Crippen LogP contribution in [0, 0.1) is 0 Å². The number of para-hydroxylation sites is 1. The maximum atomic E-state index is 13.7. The predicted molar refractivity (Wildman–Crippen MR) is 120 cm³/mol. The number of carbonyl (C=O) groups excluding carboxylic acids is 3. The first kappa shape index (κ1) is 20.6. The molecule has 1 fully saturated rings. The maximum absolute atomic E-state index is 13.7. The number of aromatic amines is 1. The van der Waals surface area contributed by atoms with Crippen molar-refractivity contribution < 1.29 is 28.6 Å². The van der Waals surface area contributed by atoms with E-state index in [0.29, 0.717) is 17.9 Å². The van der Waals surface area contributed by atoms with E-state index >= 15 is 0 Å². The smallest absolute Gasteiger partial charge is 0.308 e. The minimum Gasteiger partial charge on any atom is -0.466 e. The molecule has 3 aromatic rings. The van der Waals surface area contributed by atoms with Gasteiger partial charge in [-0.1, -0.05) is 24.3 Å². The molecule has 0 bridgehead atoms.